The van der Waals surface area contributed by atoms with Crippen LogP contribution in [-0.2, 0) is 21.4 Å². The first-order valence-corrected chi connectivity index (χ1v) is 11.0. The van der Waals surface area contributed by atoms with Crippen molar-refractivity contribution in [2.45, 2.75) is 31.3 Å². The third kappa shape index (κ3) is 4.86. The molecule has 2 aromatic rings. The molecule has 1 fully saturated rings. The summed E-state index contributed by atoms with van der Waals surface area (Å²) in [4.78, 5) is 26.5. The van der Waals surface area contributed by atoms with Crippen LogP contribution in [-0.4, -0.2) is 55.4 Å². The highest BCUT2D eigenvalue weighted by Gasteiger charge is 2.31. The van der Waals surface area contributed by atoms with Crippen LogP contribution in [0.5, 0.6) is 0 Å². The highest BCUT2D eigenvalue weighted by molar-refractivity contribution is 7.89. The molecule has 156 valence electrons. The number of hydrogen-bond acceptors (Lipinski definition) is 5. The SMILES string of the molecule is CC(C)NC(=O)Cn1cccc(S(=O)(=O)N2CCN(c3ccccc3)CC2)c1=O. The molecule has 0 radical (unpaired) electrons. The topological polar surface area (TPSA) is 91.7 Å². The van der Waals surface area contributed by atoms with Gasteiger partial charge in [-0.05, 0) is 38.1 Å². The number of anilines is 1. The number of carbonyl (C=O) groups is 1. The van der Waals surface area contributed by atoms with Crippen molar-refractivity contribution in [3.63, 3.8) is 0 Å². The van der Waals surface area contributed by atoms with Crippen molar-refractivity contribution >= 4 is 21.6 Å². The molecule has 1 aliphatic heterocycles. The number of carbonyl (C=O) groups excluding carboxylic acids is 1. The van der Waals surface area contributed by atoms with Crippen LogP contribution in [0.15, 0.2) is 58.4 Å². The van der Waals surface area contributed by atoms with Crippen molar-refractivity contribution in [3.8, 4) is 0 Å². The van der Waals surface area contributed by atoms with E-state index in [0.29, 0.717) is 26.2 Å². The Hall–Kier alpha value is -2.65. The van der Waals surface area contributed by atoms with E-state index in [1.807, 2.05) is 44.2 Å². The van der Waals surface area contributed by atoms with Gasteiger partial charge in [-0.15, -0.1) is 0 Å². The minimum absolute atomic E-state index is 0.0639. The minimum Gasteiger partial charge on any atom is -0.369 e. The number of sulfonamides is 1. The van der Waals surface area contributed by atoms with Gasteiger partial charge < -0.3 is 14.8 Å². The molecule has 8 nitrogen and oxygen atoms in total. The van der Waals surface area contributed by atoms with Crippen LogP contribution in [0.3, 0.4) is 0 Å². The second-order valence-corrected chi connectivity index (χ2v) is 9.16. The van der Waals surface area contributed by atoms with Gasteiger partial charge in [0.25, 0.3) is 5.56 Å². The summed E-state index contributed by atoms with van der Waals surface area (Å²) >= 11 is 0. The summed E-state index contributed by atoms with van der Waals surface area (Å²) in [7, 11) is -3.94. The van der Waals surface area contributed by atoms with Gasteiger partial charge in [0.1, 0.15) is 11.4 Å². The van der Waals surface area contributed by atoms with Crippen molar-refractivity contribution in [2.24, 2.45) is 0 Å². The molecule has 1 saturated heterocycles. The zero-order valence-electron chi connectivity index (χ0n) is 16.6. The van der Waals surface area contributed by atoms with E-state index in [2.05, 4.69) is 10.2 Å². The number of aromatic nitrogens is 1. The number of nitrogens with zero attached hydrogens (tertiary/aromatic N) is 3. The summed E-state index contributed by atoms with van der Waals surface area (Å²) in [5.74, 6) is -0.340. The number of pyridine rings is 1. The Labute approximate surface area is 170 Å². The fourth-order valence-corrected chi connectivity index (χ4v) is 4.83. The predicted octanol–water partition coefficient (Wildman–Crippen LogP) is 0.884. The van der Waals surface area contributed by atoms with Crippen LogP contribution in [0.1, 0.15) is 13.8 Å². The molecule has 1 aromatic carbocycles. The Kier molecular flexibility index (Phi) is 6.39. The van der Waals surface area contributed by atoms with Gasteiger partial charge in [-0.3, -0.25) is 9.59 Å². The van der Waals surface area contributed by atoms with Gasteiger partial charge >= 0.3 is 0 Å². The Bertz CT molecular complexity index is 1010. The zero-order valence-corrected chi connectivity index (χ0v) is 17.4. The molecule has 9 heteroatoms. The maximum Gasteiger partial charge on any atom is 0.271 e. The average molecular weight is 419 g/mol. The van der Waals surface area contributed by atoms with Crippen molar-refractivity contribution in [2.75, 3.05) is 31.1 Å². The number of rotatable bonds is 6. The van der Waals surface area contributed by atoms with Crippen LogP contribution >= 0.6 is 0 Å². The largest absolute Gasteiger partial charge is 0.369 e. The Morgan fingerprint density at radius 3 is 2.31 bits per heavy atom. The van der Waals surface area contributed by atoms with Crippen LogP contribution in [0.25, 0.3) is 0 Å². The summed E-state index contributed by atoms with van der Waals surface area (Å²) < 4.78 is 28.6. The van der Waals surface area contributed by atoms with Gasteiger partial charge in [0.15, 0.2) is 0 Å². The van der Waals surface area contributed by atoms with E-state index in [4.69, 9.17) is 0 Å². The highest BCUT2D eigenvalue weighted by atomic mass is 32.2. The third-order valence-electron chi connectivity index (χ3n) is 4.73. The normalized spacial score (nSPS) is 15.5. The molecule has 0 unspecified atom stereocenters. The summed E-state index contributed by atoms with van der Waals surface area (Å²) in [5, 5.41) is 2.70. The molecular formula is C20H26N4O4S. The summed E-state index contributed by atoms with van der Waals surface area (Å²) in [6.45, 7) is 5.08. The predicted molar refractivity (Wildman–Crippen MR) is 111 cm³/mol. The summed E-state index contributed by atoms with van der Waals surface area (Å²) in [6, 6.07) is 12.5. The number of piperazine rings is 1. The van der Waals surface area contributed by atoms with Gasteiger partial charge in [0, 0.05) is 44.1 Å². The van der Waals surface area contributed by atoms with Crippen molar-refractivity contribution in [3.05, 3.63) is 59.0 Å². The smallest absolute Gasteiger partial charge is 0.271 e. The molecule has 29 heavy (non-hydrogen) atoms. The Morgan fingerprint density at radius 2 is 1.69 bits per heavy atom. The molecule has 0 spiro atoms. The van der Waals surface area contributed by atoms with E-state index < -0.39 is 15.6 Å². The lowest BCUT2D eigenvalue weighted by Crippen LogP contribution is -2.49. The Balaban J connectivity index is 1.75. The number of para-hydroxylation sites is 1. The van der Waals surface area contributed by atoms with Crippen molar-refractivity contribution in [1.29, 1.82) is 0 Å². The first kappa shape index (κ1) is 21.1. The molecule has 1 aliphatic rings. The monoisotopic (exact) mass is 418 g/mol. The second kappa shape index (κ2) is 8.79. The fraction of sp³-hybridized carbons (Fsp3) is 0.400. The molecule has 3 rings (SSSR count). The molecule has 0 saturated carbocycles. The molecule has 1 amide bonds. The quantitative estimate of drug-likeness (QED) is 0.752. The van der Waals surface area contributed by atoms with Crippen molar-refractivity contribution < 1.29 is 13.2 Å². The van der Waals surface area contributed by atoms with Crippen LogP contribution in [0.4, 0.5) is 5.69 Å². The van der Waals surface area contributed by atoms with Gasteiger partial charge in [-0.2, -0.15) is 4.31 Å². The lowest BCUT2D eigenvalue weighted by Gasteiger charge is -2.35. The maximum absolute atomic E-state index is 13.1. The van der Waals surface area contributed by atoms with Crippen LogP contribution in [0, 0.1) is 0 Å². The van der Waals surface area contributed by atoms with Gasteiger partial charge in [-0.1, -0.05) is 18.2 Å². The van der Waals surface area contributed by atoms with E-state index in [-0.39, 0.29) is 23.4 Å². The third-order valence-corrected chi connectivity index (χ3v) is 6.64. The van der Waals surface area contributed by atoms with Gasteiger partial charge in [0.2, 0.25) is 15.9 Å². The molecular weight excluding hydrogens is 392 g/mol. The second-order valence-electron chi connectivity index (χ2n) is 7.25. The number of amides is 1. The maximum atomic E-state index is 13.1. The van der Waals surface area contributed by atoms with Crippen LogP contribution in [0.2, 0.25) is 0 Å². The molecule has 2 heterocycles. The van der Waals surface area contributed by atoms with Gasteiger partial charge in [0.05, 0.1) is 0 Å². The standard InChI is InChI=1S/C20H26N4O4S/c1-16(2)21-19(25)15-23-10-6-9-18(20(23)26)29(27,28)24-13-11-22(12-14-24)17-7-4-3-5-8-17/h3-10,16H,11-15H2,1-2H3,(H,21,25). The molecule has 0 aliphatic carbocycles. The number of benzene rings is 1. The van der Waals surface area contributed by atoms with Crippen molar-refractivity contribution in [1.82, 2.24) is 14.2 Å². The summed E-state index contributed by atoms with van der Waals surface area (Å²) in [5.41, 5.74) is 0.361. The fourth-order valence-electron chi connectivity index (χ4n) is 3.32. The lowest BCUT2D eigenvalue weighted by molar-refractivity contribution is -0.122. The number of hydrogen-bond donors (Lipinski definition) is 1. The molecule has 1 N–H and O–H groups in total. The number of nitrogens with one attached hydrogen (secondary N) is 1. The van der Waals surface area contributed by atoms with E-state index in [1.54, 1.807) is 0 Å². The first-order valence-electron chi connectivity index (χ1n) is 9.58. The molecule has 0 atom stereocenters. The summed E-state index contributed by atoms with van der Waals surface area (Å²) in [6.07, 6.45) is 1.43. The highest BCUT2D eigenvalue weighted by Crippen LogP contribution is 2.19. The van der Waals surface area contributed by atoms with Gasteiger partial charge in [-0.25, -0.2) is 8.42 Å². The average Bonchev–Trinajstić information content (AvgIpc) is 2.69. The molecule has 1 aromatic heterocycles. The van der Waals surface area contributed by atoms with E-state index >= 15 is 0 Å². The van der Waals surface area contributed by atoms with E-state index in [1.165, 1.54) is 22.6 Å². The molecule has 0 bridgehead atoms. The zero-order chi connectivity index (χ0) is 21.0. The van der Waals surface area contributed by atoms with Crippen LogP contribution < -0.4 is 15.8 Å². The van der Waals surface area contributed by atoms with E-state index in [0.717, 1.165) is 10.3 Å². The minimum atomic E-state index is -3.94. The van der Waals surface area contributed by atoms with E-state index in [9.17, 15) is 18.0 Å². The lowest BCUT2D eigenvalue weighted by atomic mass is 10.2. The first-order chi connectivity index (χ1) is 13.8. The Morgan fingerprint density at radius 1 is 1.03 bits per heavy atom.